The van der Waals surface area contributed by atoms with Gasteiger partial charge in [0.1, 0.15) is 12.6 Å². The van der Waals surface area contributed by atoms with Crippen LogP contribution in [0.4, 0.5) is 5.69 Å². The van der Waals surface area contributed by atoms with Crippen molar-refractivity contribution in [3.05, 3.63) is 94.5 Å². The Morgan fingerprint density at radius 3 is 1.90 bits per heavy atom. The maximum Gasteiger partial charge on any atom is 0.264 e. The molecule has 0 aliphatic rings. The second-order valence-electron chi connectivity index (χ2n) is 10.9. The Bertz CT molecular complexity index is 1450. The lowest BCUT2D eigenvalue weighted by molar-refractivity contribution is -0.140. The van der Waals surface area contributed by atoms with Crippen molar-refractivity contribution in [2.45, 2.75) is 84.8 Å². The highest BCUT2D eigenvalue weighted by Gasteiger charge is 2.34. The Kier molecular flexibility index (Phi) is 10.7. The fraction of sp³-hybridized carbons (Fsp3) is 0.394. The van der Waals surface area contributed by atoms with Gasteiger partial charge in [-0.2, -0.15) is 0 Å². The molecule has 0 aliphatic heterocycles. The minimum Gasteiger partial charge on any atom is -0.352 e. The number of carbonyl (C=O) groups is 2. The number of hydrogen-bond donors (Lipinski definition) is 1. The van der Waals surface area contributed by atoms with E-state index in [-0.39, 0.29) is 23.4 Å². The van der Waals surface area contributed by atoms with Crippen LogP contribution in [0.15, 0.2) is 71.6 Å². The van der Waals surface area contributed by atoms with E-state index in [2.05, 4.69) is 5.32 Å². The summed E-state index contributed by atoms with van der Waals surface area (Å²) in [4.78, 5) is 29.2. The number of nitrogens with zero attached hydrogens (tertiary/aromatic N) is 2. The molecule has 41 heavy (non-hydrogen) atoms. The lowest BCUT2D eigenvalue weighted by Crippen LogP contribution is -2.53. The maximum absolute atomic E-state index is 14.2. The fourth-order valence-corrected chi connectivity index (χ4v) is 6.17. The molecular formula is C33H43N3O4S. The summed E-state index contributed by atoms with van der Waals surface area (Å²) >= 11 is 0. The zero-order valence-corrected chi connectivity index (χ0v) is 26.1. The number of aryl methyl sites for hydroxylation is 4. The quantitative estimate of drug-likeness (QED) is 0.293. The van der Waals surface area contributed by atoms with Crippen molar-refractivity contribution < 1.29 is 18.0 Å². The maximum atomic E-state index is 14.2. The minimum absolute atomic E-state index is 0.0542. The van der Waals surface area contributed by atoms with Crippen LogP contribution in [0.3, 0.4) is 0 Å². The molecule has 3 rings (SSSR count). The number of hydrogen-bond acceptors (Lipinski definition) is 4. The van der Waals surface area contributed by atoms with Crippen molar-refractivity contribution in [1.29, 1.82) is 0 Å². The lowest BCUT2D eigenvalue weighted by atomic mass is 10.1. The van der Waals surface area contributed by atoms with Gasteiger partial charge in [-0.3, -0.25) is 13.9 Å². The van der Waals surface area contributed by atoms with Crippen LogP contribution >= 0.6 is 0 Å². The van der Waals surface area contributed by atoms with E-state index >= 15 is 0 Å². The number of nitrogens with one attached hydrogen (secondary N) is 1. The van der Waals surface area contributed by atoms with Gasteiger partial charge in [-0.15, -0.1) is 0 Å². The summed E-state index contributed by atoms with van der Waals surface area (Å²) in [6, 6.07) is 19.0. The first-order valence-corrected chi connectivity index (χ1v) is 15.6. The normalized spacial score (nSPS) is 12.9. The van der Waals surface area contributed by atoms with Crippen LogP contribution < -0.4 is 9.62 Å². The van der Waals surface area contributed by atoms with Crippen molar-refractivity contribution in [3.63, 3.8) is 0 Å². The summed E-state index contributed by atoms with van der Waals surface area (Å²) in [6.07, 6.45) is 1.14. The molecule has 0 aliphatic carbocycles. The van der Waals surface area contributed by atoms with Gasteiger partial charge >= 0.3 is 0 Å². The van der Waals surface area contributed by atoms with Crippen LogP contribution in [0.5, 0.6) is 0 Å². The number of benzene rings is 3. The number of amides is 2. The fourth-order valence-electron chi connectivity index (χ4n) is 4.69. The van der Waals surface area contributed by atoms with Crippen molar-refractivity contribution >= 4 is 27.5 Å². The van der Waals surface area contributed by atoms with E-state index in [0.29, 0.717) is 12.1 Å². The Balaban J connectivity index is 2.09. The first-order chi connectivity index (χ1) is 19.4. The first kappa shape index (κ1) is 31.9. The third kappa shape index (κ3) is 7.97. The average Bonchev–Trinajstić information content (AvgIpc) is 2.93. The first-order valence-electron chi connectivity index (χ1n) is 14.2. The molecule has 8 heteroatoms. The van der Waals surface area contributed by atoms with Gasteiger partial charge in [0.15, 0.2) is 0 Å². The molecule has 220 valence electrons. The molecule has 3 aromatic rings. The molecule has 0 radical (unpaired) electrons. The highest BCUT2D eigenvalue weighted by Crippen LogP contribution is 2.28. The van der Waals surface area contributed by atoms with Crippen LogP contribution in [0.1, 0.15) is 61.4 Å². The molecule has 1 N–H and O–H groups in total. The lowest BCUT2D eigenvalue weighted by Gasteiger charge is -2.34. The monoisotopic (exact) mass is 577 g/mol. The summed E-state index contributed by atoms with van der Waals surface area (Å²) in [5.74, 6) is -0.700. The van der Waals surface area contributed by atoms with E-state index in [1.165, 1.54) is 9.21 Å². The molecule has 2 atom stereocenters. The molecule has 0 fully saturated rings. The summed E-state index contributed by atoms with van der Waals surface area (Å²) in [5, 5.41) is 3.01. The summed E-state index contributed by atoms with van der Waals surface area (Å²) in [7, 11) is -4.10. The number of anilines is 1. The highest BCUT2D eigenvalue weighted by molar-refractivity contribution is 7.92. The van der Waals surface area contributed by atoms with Crippen molar-refractivity contribution in [3.8, 4) is 0 Å². The third-order valence-electron chi connectivity index (χ3n) is 7.37. The van der Waals surface area contributed by atoms with Gasteiger partial charge in [-0.1, -0.05) is 79.1 Å². The topological polar surface area (TPSA) is 86.8 Å². The van der Waals surface area contributed by atoms with E-state index in [1.54, 1.807) is 30.3 Å². The summed E-state index contributed by atoms with van der Waals surface area (Å²) in [6.45, 7) is 13.1. The van der Waals surface area contributed by atoms with Crippen LogP contribution in [0, 0.1) is 27.7 Å². The van der Waals surface area contributed by atoms with Crippen molar-refractivity contribution in [2.24, 2.45) is 0 Å². The van der Waals surface area contributed by atoms with Crippen LogP contribution in [-0.2, 0) is 26.2 Å². The Morgan fingerprint density at radius 1 is 0.805 bits per heavy atom. The van der Waals surface area contributed by atoms with Gasteiger partial charge in [-0.25, -0.2) is 8.42 Å². The zero-order valence-electron chi connectivity index (χ0n) is 25.3. The van der Waals surface area contributed by atoms with Crippen LogP contribution in [0.2, 0.25) is 0 Å². The molecule has 7 nitrogen and oxygen atoms in total. The Labute approximate surface area is 245 Å². The van der Waals surface area contributed by atoms with Gasteiger partial charge in [-0.05, 0) is 76.8 Å². The van der Waals surface area contributed by atoms with Gasteiger partial charge in [0.05, 0.1) is 10.6 Å². The predicted molar refractivity (Wildman–Crippen MR) is 165 cm³/mol. The average molecular weight is 578 g/mol. The van der Waals surface area contributed by atoms with Crippen molar-refractivity contribution in [1.82, 2.24) is 10.2 Å². The van der Waals surface area contributed by atoms with Gasteiger partial charge < -0.3 is 10.2 Å². The highest BCUT2D eigenvalue weighted by atomic mass is 32.2. The molecule has 0 saturated carbocycles. The number of carbonyl (C=O) groups excluding carboxylic acids is 2. The van der Waals surface area contributed by atoms with Gasteiger partial charge in [0.25, 0.3) is 10.0 Å². The Morgan fingerprint density at radius 2 is 1.37 bits per heavy atom. The van der Waals surface area contributed by atoms with E-state index in [1.807, 2.05) is 84.9 Å². The molecule has 0 saturated heterocycles. The number of sulfonamides is 1. The van der Waals surface area contributed by atoms with E-state index in [4.69, 9.17) is 0 Å². The molecule has 2 amide bonds. The molecule has 0 spiro atoms. The SMILES string of the molecule is CCC(C)NC(=O)C(CC)N(Cc1ccc(C)cc1)C(=O)CN(c1ccc(C)cc1C)S(=O)(=O)c1ccc(C)cc1. The molecule has 0 heterocycles. The third-order valence-corrected chi connectivity index (χ3v) is 9.14. The molecule has 0 bridgehead atoms. The van der Waals surface area contributed by atoms with E-state index < -0.39 is 28.5 Å². The van der Waals surface area contributed by atoms with Crippen LogP contribution in [-0.4, -0.2) is 43.8 Å². The number of rotatable bonds is 12. The standard InChI is InChI=1S/C33H43N3O4S/c1-8-27(7)34-33(38)30(9-2)35(21-28-15-10-23(3)11-16-28)32(37)22-36(31-19-14-25(5)20-26(31)6)41(39,40)29-17-12-24(4)13-18-29/h10-20,27,30H,8-9,21-22H2,1-7H3,(H,34,38). The second-order valence-corrected chi connectivity index (χ2v) is 12.7. The van der Waals surface area contributed by atoms with E-state index in [9.17, 15) is 18.0 Å². The largest absolute Gasteiger partial charge is 0.352 e. The molecule has 2 unspecified atom stereocenters. The van der Waals surface area contributed by atoms with Gasteiger partial charge in [0, 0.05) is 12.6 Å². The second kappa shape index (κ2) is 13.8. The minimum atomic E-state index is -4.10. The van der Waals surface area contributed by atoms with E-state index in [0.717, 1.165) is 34.2 Å². The summed E-state index contributed by atoms with van der Waals surface area (Å²) in [5.41, 5.74) is 5.02. The Hall–Kier alpha value is -3.65. The van der Waals surface area contributed by atoms with Gasteiger partial charge in [0.2, 0.25) is 11.8 Å². The summed E-state index contributed by atoms with van der Waals surface area (Å²) < 4.78 is 29.3. The predicted octanol–water partition coefficient (Wildman–Crippen LogP) is 5.84. The zero-order chi connectivity index (χ0) is 30.3. The van der Waals surface area contributed by atoms with Crippen molar-refractivity contribution in [2.75, 3.05) is 10.8 Å². The molecule has 0 aromatic heterocycles. The molecule has 3 aromatic carbocycles. The smallest absolute Gasteiger partial charge is 0.264 e. The van der Waals surface area contributed by atoms with Crippen LogP contribution in [0.25, 0.3) is 0 Å². The molecular weight excluding hydrogens is 534 g/mol.